The summed E-state index contributed by atoms with van der Waals surface area (Å²) in [5.41, 5.74) is 0.717. The van der Waals surface area contributed by atoms with Crippen LogP contribution in [0.25, 0.3) is 6.08 Å². The molecule has 2 heterocycles. The molecule has 1 fully saturated rings. The smallest absolute Gasteiger partial charge is 0.332 e. The van der Waals surface area contributed by atoms with Crippen molar-refractivity contribution in [1.29, 1.82) is 0 Å². The highest BCUT2D eigenvalue weighted by molar-refractivity contribution is 7.89. The van der Waals surface area contributed by atoms with Crippen LogP contribution in [0.3, 0.4) is 0 Å². The predicted octanol–water partition coefficient (Wildman–Crippen LogP) is 3.24. The molecule has 1 aliphatic heterocycles. The highest BCUT2D eigenvalue weighted by Gasteiger charge is 2.28. The Morgan fingerprint density at radius 2 is 1.77 bits per heavy atom. The number of benzene rings is 2. The first-order valence-corrected chi connectivity index (χ1v) is 12.3. The van der Waals surface area contributed by atoms with Crippen LogP contribution in [-0.4, -0.2) is 50.9 Å². The molecule has 9 nitrogen and oxygen atoms in total. The Bertz CT molecular complexity index is 1280. The highest BCUT2D eigenvalue weighted by atomic mass is 32.2. The van der Waals surface area contributed by atoms with Crippen molar-refractivity contribution < 1.29 is 31.9 Å². The minimum absolute atomic E-state index is 0.0480. The number of amides is 1. The number of rotatable bonds is 8. The van der Waals surface area contributed by atoms with Gasteiger partial charge in [0.1, 0.15) is 5.76 Å². The summed E-state index contributed by atoms with van der Waals surface area (Å²) in [5, 5.41) is 2.66. The summed E-state index contributed by atoms with van der Waals surface area (Å²) in [6.45, 7) is 1.18. The Kier molecular flexibility index (Phi) is 7.76. The molecule has 1 saturated heterocycles. The molecule has 2 aromatic carbocycles. The lowest BCUT2D eigenvalue weighted by molar-refractivity contribution is -0.149. The van der Waals surface area contributed by atoms with E-state index in [1.54, 1.807) is 54.6 Å². The van der Waals surface area contributed by atoms with Gasteiger partial charge >= 0.3 is 5.97 Å². The fourth-order valence-corrected chi connectivity index (χ4v) is 4.92. The van der Waals surface area contributed by atoms with Crippen molar-refractivity contribution in [2.45, 2.75) is 11.0 Å². The quantitative estimate of drug-likeness (QED) is 0.376. The van der Waals surface area contributed by atoms with Gasteiger partial charge in [-0.15, -0.1) is 0 Å². The number of carbonyl (C=O) groups excluding carboxylic acids is 2. The standard InChI is InChI=1S/C25H24N2O7S/c28-23(12-11-21-9-5-15-33-21)34-24(19-6-2-1-3-7-19)25(29)26-20-8-4-10-22(18-20)35(30,31)27-13-16-32-17-14-27/h1-12,15,18,24H,13-14,16-17H2,(H,26,29)/b12-11+/t24-/m0/s1. The molecule has 10 heteroatoms. The second-order valence-electron chi connectivity index (χ2n) is 7.61. The number of carbonyl (C=O) groups is 2. The lowest BCUT2D eigenvalue weighted by Gasteiger charge is -2.26. The van der Waals surface area contributed by atoms with Gasteiger partial charge in [-0.3, -0.25) is 4.79 Å². The Hall–Kier alpha value is -3.73. The summed E-state index contributed by atoms with van der Waals surface area (Å²) in [7, 11) is -3.74. The van der Waals surface area contributed by atoms with Crippen molar-refractivity contribution in [2.24, 2.45) is 0 Å². The van der Waals surface area contributed by atoms with Crippen LogP contribution in [0.4, 0.5) is 5.69 Å². The Labute approximate surface area is 203 Å². The van der Waals surface area contributed by atoms with Crippen molar-refractivity contribution in [3.05, 3.63) is 90.4 Å². The van der Waals surface area contributed by atoms with E-state index in [-0.39, 0.29) is 23.7 Å². The van der Waals surface area contributed by atoms with E-state index in [1.807, 2.05) is 0 Å². The molecule has 1 N–H and O–H groups in total. The molecule has 1 aliphatic rings. The lowest BCUT2D eigenvalue weighted by atomic mass is 10.1. The molecular weight excluding hydrogens is 472 g/mol. The topological polar surface area (TPSA) is 115 Å². The first-order chi connectivity index (χ1) is 16.9. The molecule has 35 heavy (non-hydrogen) atoms. The number of sulfonamides is 1. The van der Waals surface area contributed by atoms with Crippen LogP contribution in [0.2, 0.25) is 0 Å². The third-order valence-corrected chi connectivity index (χ3v) is 7.11. The average Bonchev–Trinajstić information content (AvgIpc) is 3.41. The van der Waals surface area contributed by atoms with Gasteiger partial charge in [-0.1, -0.05) is 36.4 Å². The number of hydrogen-bond donors (Lipinski definition) is 1. The number of nitrogens with zero attached hydrogens (tertiary/aromatic N) is 1. The summed E-state index contributed by atoms with van der Waals surface area (Å²) in [6, 6.07) is 17.8. The van der Waals surface area contributed by atoms with Crippen molar-refractivity contribution >= 4 is 33.7 Å². The van der Waals surface area contributed by atoms with Gasteiger partial charge in [-0.05, 0) is 36.4 Å². The molecule has 0 saturated carbocycles. The molecule has 1 atom stereocenters. The van der Waals surface area contributed by atoms with E-state index in [9.17, 15) is 18.0 Å². The van der Waals surface area contributed by atoms with Gasteiger partial charge < -0.3 is 19.2 Å². The van der Waals surface area contributed by atoms with Gasteiger partial charge in [-0.25, -0.2) is 13.2 Å². The van der Waals surface area contributed by atoms with Gasteiger partial charge in [0.2, 0.25) is 16.1 Å². The maximum atomic E-state index is 13.1. The molecule has 1 aromatic heterocycles. The molecule has 3 aromatic rings. The zero-order valence-electron chi connectivity index (χ0n) is 18.7. The fraction of sp³-hybridized carbons (Fsp3) is 0.200. The van der Waals surface area contributed by atoms with Crippen LogP contribution in [0, 0.1) is 0 Å². The Morgan fingerprint density at radius 3 is 2.49 bits per heavy atom. The molecule has 0 radical (unpaired) electrons. The highest BCUT2D eigenvalue weighted by Crippen LogP contribution is 2.24. The van der Waals surface area contributed by atoms with Gasteiger partial charge in [0.05, 0.1) is 24.4 Å². The first kappa shape index (κ1) is 24.4. The maximum absolute atomic E-state index is 13.1. The Balaban J connectivity index is 1.52. The van der Waals surface area contributed by atoms with Crippen LogP contribution in [0.1, 0.15) is 17.4 Å². The molecule has 4 rings (SSSR count). The fourth-order valence-electron chi connectivity index (χ4n) is 3.47. The van der Waals surface area contributed by atoms with Crippen LogP contribution >= 0.6 is 0 Å². The van der Waals surface area contributed by atoms with Crippen molar-refractivity contribution in [1.82, 2.24) is 4.31 Å². The minimum atomic E-state index is -3.74. The number of hydrogen-bond acceptors (Lipinski definition) is 7. The third kappa shape index (κ3) is 6.24. The largest absolute Gasteiger partial charge is 0.465 e. The SMILES string of the molecule is O=C(/C=C/c1ccco1)O[C@H](C(=O)Nc1cccc(S(=O)(=O)N2CCOCC2)c1)c1ccccc1. The van der Waals surface area contributed by atoms with Crippen molar-refractivity contribution in [2.75, 3.05) is 31.6 Å². The van der Waals surface area contributed by atoms with Crippen molar-refractivity contribution in [3.63, 3.8) is 0 Å². The number of esters is 1. The lowest BCUT2D eigenvalue weighted by Crippen LogP contribution is -2.40. The van der Waals surface area contributed by atoms with Crippen LogP contribution in [-0.2, 0) is 29.1 Å². The van der Waals surface area contributed by atoms with Crippen LogP contribution < -0.4 is 5.32 Å². The molecule has 0 aliphatic carbocycles. The van der Waals surface area contributed by atoms with Crippen LogP contribution in [0.15, 0.2) is 88.4 Å². The van der Waals surface area contributed by atoms with E-state index in [1.165, 1.54) is 28.8 Å². The molecule has 1 amide bonds. The molecule has 0 spiro atoms. The van der Waals surface area contributed by atoms with E-state index in [4.69, 9.17) is 13.9 Å². The van der Waals surface area contributed by atoms with Gasteiger partial charge in [-0.2, -0.15) is 4.31 Å². The minimum Gasteiger partial charge on any atom is -0.465 e. The number of ether oxygens (including phenoxy) is 2. The van der Waals surface area contributed by atoms with E-state index >= 15 is 0 Å². The summed E-state index contributed by atoms with van der Waals surface area (Å²) in [4.78, 5) is 25.6. The first-order valence-electron chi connectivity index (χ1n) is 10.9. The van der Waals surface area contributed by atoms with E-state index in [0.717, 1.165) is 6.08 Å². The second kappa shape index (κ2) is 11.1. The zero-order chi connectivity index (χ0) is 24.7. The molecule has 0 bridgehead atoms. The van der Waals surface area contributed by atoms with E-state index < -0.39 is 28.0 Å². The summed E-state index contributed by atoms with van der Waals surface area (Å²) in [5.74, 6) is -0.910. The van der Waals surface area contributed by atoms with Crippen LogP contribution in [0.5, 0.6) is 0 Å². The maximum Gasteiger partial charge on any atom is 0.332 e. The summed E-state index contributed by atoms with van der Waals surface area (Å²) >= 11 is 0. The molecule has 0 unspecified atom stereocenters. The zero-order valence-corrected chi connectivity index (χ0v) is 19.5. The number of nitrogens with one attached hydrogen (secondary N) is 1. The number of furan rings is 1. The second-order valence-corrected chi connectivity index (χ2v) is 9.55. The van der Waals surface area contributed by atoms with Gasteiger partial charge in [0, 0.05) is 30.4 Å². The van der Waals surface area contributed by atoms with E-state index in [0.29, 0.717) is 24.5 Å². The van der Waals surface area contributed by atoms with Gasteiger partial charge in [0.25, 0.3) is 5.91 Å². The van der Waals surface area contributed by atoms with Gasteiger partial charge in [0.15, 0.2) is 0 Å². The van der Waals surface area contributed by atoms with Crippen molar-refractivity contribution in [3.8, 4) is 0 Å². The monoisotopic (exact) mass is 496 g/mol. The number of morpholine rings is 1. The third-order valence-electron chi connectivity index (χ3n) is 5.21. The summed E-state index contributed by atoms with van der Waals surface area (Å²) < 4.78 is 43.1. The summed E-state index contributed by atoms with van der Waals surface area (Å²) in [6.07, 6.45) is 2.81. The Morgan fingerprint density at radius 1 is 1.00 bits per heavy atom. The normalized spacial score (nSPS) is 15.5. The predicted molar refractivity (Wildman–Crippen MR) is 128 cm³/mol. The molecule has 182 valence electrons. The molecular formula is C25H24N2O7S. The average molecular weight is 497 g/mol. The number of anilines is 1. The van der Waals surface area contributed by atoms with E-state index in [2.05, 4.69) is 5.32 Å².